The van der Waals surface area contributed by atoms with Gasteiger partial charge in [-0.1, -0.05) is 48.5 Å². The van der Waals surface area contributed by atoms with E-state index in [9.17, 15) is 4.79 Å². The summed E-state index contributed by atoms with van der Waals surface area (Å²) in [4.78, 5) is 13.0. The zero-order valence-corrected chi connectivity index (χ0v) is 15.0. The lowest BCUT2D eigenvalue weighted by Gasteiger charge is -2.36. The number of hydrogen-bond donors (Lipinski definition) is 0. The summed E-state index contributed by atoms with van der Waals surface area (Å²) < 4.78 is 6.12. The minimum absolute atomic E-state index is 0.136. The highest BCUT2D eigenvalue weighted by atomic mass is 16.5. The number of hydrazone groups is 1. The van der Waals surface area contributed by atoms with Gasteiger partial charge in [0.2, 0.25) is 0 Å². The van der Waals surface area contributed by atoms with Crippen LogP contribution in [0.4, 0.5) is 0 Å². The Hall–Kier alpha value is -2.46. The third-order valence-electron chi connectivity index (χ3n) is 3.95. The second kappa shape index (κ2) is 7.19. The second-order valence-electron chi connectivity index (χ2n) is 7.15. The number of hydrogen-bond acceptors (Lipinski definition) is 3. The molecule has 2 aromatic rings. The highest BCUT2D eigenvalue weighted by Crippen LogP contribution is 2.26. The fourth-order valence-corrected chi connectivity index (χ4v) is 2.87. The lowest BCUT2D eigenvalue weighted by Crippen LogP contribution is -2.45. The van der Waals surface area contributed by atoms with Crippen LogP contribution in [-0.2, 0) is 4.74 Å². The number of nitrogens with zero attached hydrogens (tertiary/aromatic N) is 2. The maximum atomic E-state index is 13.0. The van der Waals surface area contributed by atoms with E-state index in [-0.39, 0.29) is 17.7 Å². The number of amides is 1. The van der Waals surface area contributed by atoms with Gasteiger partial charge in [0.1, 0.15) is 0 Å². The average molecular weight is 336 g/mol. The van der Waals surface area contributed by atoms with Crippen LogP contribution in [0.5, 0.6) is 0 Å². The van der Waals surface area contributed by atoms with Gasteiger partial charge < -0.3 is 4.74 Å². The molecule has 2 aromatic carbocycles. The maximum Gasteiger partial charge on any atom is 0.276 e. The molecule has 4 heteroatoms. The van der Waals surface area contributed by atoms with Crippen LogP contribution in [0.15, 0.2) is 65.8 Å². The van der Waals surface area contributed by atoms with Crippen molar-refractivity contribution in [3.05, 3.63) is 71.8 Å². The SMILES string of the molecule is CC(C)(C)O[C@@H]1CCC(c2ccccc2)=NN1C(=O)c1ccccc1. The van der Waals surface area contributed by atoms with Gasteiger partial charge in [0.15, 0.2) is 6.23 Å². The minimum atomic E-state index is -0.361. The summed E-state index contributed by atoms with van der Waals surface area (Å²) >= 11 is 0. The third-order valence-corrected chi connectivity index (χ3v) is 3.95. The van der Waals surface area contributed by atoms with Crippen LogP contribution in [0.3, 0.4) is 0 Å². The first-order chi connectivity index (χ1) is 11.9. The summed E-state index contributed by atoms with van der Waals surface area (Å²) in [6.45, 7) is 5.98. The largest absolute Gasteiger partial charge is 0.351 e. The Bertz CT molecular complexity index is 748. The maximum absolute atomic E-state index is 13.0. The number of ether oxygens (including phenoxy) is 1. The molecule has 0 spiro atoms. The van der Waals surface area contributed by atoms with E-state index in [0.29, 0.717) is 5.56 Å². The molecule has 0 N–H and O–H groups in total. The molecule has 25 heavy (non-hydrogen) atoms. The standard InChI is InChI=1S/C21H24N2O2/c1-21(2,3)25-19-15-14-18(16-10-6-4-7-11-16)22-23(19)20(24)17-12-8-5-9-13-17/h4-13,19H,14-15H2,1-3H3/t19-/m1/s1. The lowest BCUT2D eigenvalue weighted by molar-refractivity contribution is -0.124. The summed E-state index contributed by atoms with van der Waals surface area (Å²) in [5.74, 6) is -0.136. The first-order valence-electron chi connectivity index (χ1n) is 8.63. The van der Waals surface area contributed by atoms with Gasteiger partial charge in [-0.25, -0.2) is 5.01 Å². The van der Waals surface area contributed by atoms with Gasteiger partial charge in [0.05, 0.1) is 11.3 Å². The predicted octanol–water partition coefficient (Wildman–Crippen LogP) is 4.47. The van der Waals surface area contributed by atoms with E-state index in [0.717, 1.165) is 24.1 Å². The molecular formula is C21H24N2O2. The molecule has 1 aliphatic rings. The molecule has 1 amide bonds. The summed E-state index contributed by atoms with van der Waals surface area (Å²) in [5, 5.41) is 6.18. The molecule has 0 aliphatic carbocycles. The Morgan fingerprint density at radius 2 is 1.64 bits per heavy atom. The zero-order valence-electron chi connectivity index (χ0n) is 15.0. The van der Waals surface area contributed by atoms with Gasteiger partial charge in [0.25, 0.3) is 5.91 Å². The van der Waals surface area contributed by atoms with Crippen LogP contribution in [0.2, 0.25) is 0 Å². The van der Waals surface area contributed by atoms with E-state index < -0.39 is 0 Å². The van der Waals surface area contributed by atoms with E-state index in [1.54, 1.807) is 0 Å². The van der Waals surface area contributed by atoms with Gasteiger partial charge in [-0.15, -0.1) is 0 Å². The Morgan fingerprint density at radius 3 is 2.24 bits per heavy atom. The van der Waals surface area contributed by atoms with Gasteiger partial charge in [0, 0.05) is 5.56 Å². The molecule has 0 bridgehead atoms. The van der Waals surface area contributed by atoms with Crippen molar-refractivity contribution >= 4 is 11.6 Å². The van der Waals surface area contributed by atoms with Gasteiger partial charge in [-0.3, -0.25) is 4.79 Å². The average Bonchev–Trinajstić information content (AvgIpc) is 2.62. The molecule has 0 aromatic heterocycles. The molecule has 0 fully saturated rings. The number of benzene rings is 2. The molecule has 1 aliphatic heterocycles. The topological polar surface area (TPSA) is 41.9 Å². The van der Waals surface area contributed by atoms with Crippen molar-refractivity contribution in [2.75, 3.05) is 0 Å². The predicted molar refractivity (Wildman–Crippen MR) is 99.5 cm³/mol. The van der Waals surface area contributed by atoms with E-state index in [2.05, 4.69) is 5.10 Å². The highest BCUT2D eigenvalue weighted by Gasteiger charge is 2.33. The minimum Gasteiger partial charge on any atom is -0.351 e. The van der Waals surface area contributed by atoms with Crippen molar-refractivity contribution in [2.45, 2.75) is 45.4 Å². The fraction of sp³-hybridized carbons (Fsp3) is 0.333. The molecule has 3 rings (SSSR count). The van der Waals surface area contributed by atoms with Crippen LogP contribution in [-0.4, -0.2) is 28.5 Å². The summed E-state index contributed by atoms with van der Waals surface area (Å²) in [6.07, 6.45) is 1.15. The van der Waals surface area contributed by atoms with Crippen molar-refractivity contribution in [3.8, 4) is 0 Å². The second-order valence-corrected chi connectivity index (χ2v) is 7.15. The number of rotatable bonds is 3. The van der Waals surface area contributed by atoms with Gasteiger partial charge in [-0.05, 0) is 51.3 Å². The normalized spacial score (nSPS) is 18.0. The number of carbonyl (C=O) groups excluding carboxylic acids is 1. The van der Waals surface area contributed by atoms with E-state index >= 15 is 0 Å². The monoisotopic (exact) mass is 336 g/mol. The van der Waals surface area contributed by atoms with Crippen molar-refractivity contribution < 1.29 is 9.53 Å². The lowest BCUT2D eigenvalue weighted by atomic mass is 10.0. The van der Waals surface area contributed by atoms with E-state index in [1.165, 1.54) is 5.01 Å². The van der Waals surface area contributed by atoms with Crippen LogP contribution < -0.4 is 0 Å². The van der Waals surface area contributed by atoms with E-state index in [4.69, 9.17) is 4.74 Å². The van der Waals surface area contributed by atoms with Crippen molar-refractivity contribution in [1.82, 2.24) is 5.01 Å². The molecule has 0 saturated heterocycles. The van der Waals surface area contributed by atoms with Crippen LogP contribution >= 0.6 is 0 Å². The molecule has 0 radical (unpaired) electrons. The fourth-order valence-electron chi connectivity index (χ4n) is 2.87. The molecule has 4 nitrogen and oxygen atoms in total. The first-order valence-corrected chi connectivity index (χ1v) is 8.63. The van der Waals surface area contributed by atoms with E-state index in [1.807, 2.05) is 81.4 Å². The summed E-state index contributed by atoms with van der Waals surface area (Å²) in [6, 6.07) is 19.2. The van der Waals surface area contributed by atoms with Crippen LogP contribution in [0.25, 0.3) is 0 Å². The van der Waals surface area contributed by atoms with Crippen molar-refractivity contribution in [3.63, 3.8) is 0 Å². The van der Waals surface area contributed by atoms with Gasteiger partial charge in [-0.2, -0.15) is 5.10 Å². The number of carbonyl (C=O) groups is 1. The van der Waals surface area contributed by atoms with Crippen LogP contribution in [0, 0.1) is 0 Å². The highest BCUT2D eigenvalue weighted by molar-refractivity contribution is 6.03. The Kier molecular flexibility index (Phi) is 5.00. The Morgan fingerprint density at radius 1 is 1.04 bits per heavy atom. The smallest absolute Gasteiger partial charge is 0.276 e. The molecule has 1 atom stereocenters. The molecule has 1 heterocycles. The molecule has 130 valence electrons. The Balaban J connectivity index is 1.95. The quantitative estimate of drug-likeness (QED) is 0.830. The summed E-state index contributed by atoms with van der Waals surface area (Å²) in [5.41, 5.74) is 2.23. The third kappa shape index (κ3) is 4.34. The first kappa shape index (κ1) is 17.4. The zero-order chi connectivity index (χ0) is 17.9. The molecular weight excluding hydrogens is 312 g/mol. The van der Waals surface area contributed by atoms with Crippen LogP contribution in [0.1, 0.15) is 49.5 Å². The van der Waals surface area contributed by atoms with Crippen molar-refractivity contribution in [2.24, 2.45) is 5.10 Å². The summed E-state index contributed by atoms with van der Waals surface area (Å²) in [7, 11) is 0. The molecule has 0 saturated carbocycles. The Labute approximate surface area is 149 Å². The van der Waals surface area contributed by atoms with Gasteiger partial charge >= 0.3 is 0 Å². The molecule has 0 unspecified atom stereocenters. The van der Waals surface area contributed by atoms with Crippen molar-refractivity contribution in [1.29, 1.82) is 0 Å².